The van der Waals surface area contributed by atoms with E-state index in [0.29, 0.717) is 6.42 Å². The first kappa shape index (κ1) is 13.5. The molecule has 0 aromatic carbocycles. The first-order valence-electron chi connectivity index (χ1n) is 6.11. The average Bonchev–Trinajstić information content (AvgIpc) is 2.33. The Morgan fingerprint density at radius 2 is 1.81 bits per heavy atom. The van der Waals surface area contributed by atoms with E-state index in [4.69, 9.17) is 4.74 Å². The van der Waals surface area contributed by atoms with Crippen LogP contribution in [0.1, 0.15) is 45.4 Å². The van der Waals surface area contributed by atoms with Crippen molar-refractivity contribution in [2.75, 3.05) is 13.2 Å². The normalized spacial score (nSPS) is 18.4. The highest BCUT2D eigenvalue weighted by Gasteiger charge is 2.38. The number of aliphatic hydroxyl groups is 2. The largest absolute Gasteiger partial charge is 0.462 e. The Morgan fingerprint density at radius 3 is 2.25 bits per heavy atom. The standard InChI is InChI=1S/C12H22O4/c1-2-12(8-13,9-14)11(15)16-10-6-4-3-5-7-10/h10,13-14H,2-9H2,1H3. The second-order valence-electron chi connectivity index (χ2n) is 4.62. The van der Waals surface area contributed by atoms with Gasteiger partial charge in [-0.2, -0.15) is 0 Å². The van der Waals surface area contributed by atoms with E-state index in [9.17, 15) is 15.0 Å². The number of hydrogen-bond donors (Lipinski definition) is 2. The summed E-state index contributed by atoms with van der Waals surface area (Å²) in [5.74, 6) is -0.452. The first-order chi connectivity index (χ1) is 7.68. The summed E-state index contributed by atoms with van der Waals surface area (Å²) in [4.78, 5) is 11.9. The molecule has 1 rings (SSSR count). The average molecular weight is 230 g/mol. The monoisotopic (exact) mass is 230 g/mol. The molecule has 0 spiro atoms. The van der Waals surface area contributed by atoms with Crippen LogP contribution in [0.4, 0.5) is 0 Å². The van der Waals surface area contributed by atoms with Crippen molar-refractivity contribution in [2.24, 2.45) is 5.41 Å². The van der Waals surface area contributed by atoms with Crippen LogP contribution in [0.15, 0.2) is 0 Å². The molecule has 0 aromatic rings. The predicted octanol–water partition coefficient (Wildman–Crippen LogP) is 1.24. The van der Waals surface area contributed by atoms with Gasteiger partial charge in [0.25, 0.3) is 0 Å². The predicted molar refractivity (Wildman–Crippen MR) is 59.9 cm³/mol. The lowest BCUT2D eigenvalue weighted by molar-refractivity contribution is -0.169. The van der Waals surface area contributed by atoms with Crippen molar-refractivity contribution >= 4 is 5.97 Å². The number of hydrogen-bond acceptors (Lipinski definition) is 4. The van der Waals surface area contributed by atoms with Crippen molar-refractivity contribution < 1.29 is 19.7 Å². The second kappa shape index (κ2) is 6.21. The van der Waals surface area contributed by atoms with Crippen molar-refractivity contribution in [3.8, 4) is 0 Å². The Kier molecular flexibility index (Phi) is 5.22. The fraction of sp³-hybridized carbons (Fsp3) is 0.917. The lowest BCUT2D eigenvalue weighted by Crippen LogP contribution is -2.41. The van der Waals surface area contributed by atoms with Crippen molar-refractivity contribution in [2.45, 2.75) is 51.6 Å². The Hall–Kier alpha value is -0.610. The van der Waals surface area contributed by atoms with Gasteiger partial charge in [-0.05, 0) is 32.1 Å². The van der Waals surface area contributed by atoms with E-state index in [1.165, 1.54) is 6.42 Å². The van der Waals surface area contributed by atoms with Crippen LogP contribution >= 0.6 is 0 Å². The summed E-state index contributed by atoms with van der Waals surface area (Å²) in [5.41, 5.74) is -1.11. The van der Waals surface area contributed by atoms with Crippen molar-refractivity contribution in [1.82, 2.24) is 0 Å². The van der Waals surface area contributed by atoms with Gasteiger partial charge in [-0.25, -0.2) is 0 Å². The fourth-order valence-electron chi connectivity index (χ4n) is 2.01. The van der Waals surface area contributed by atoms with E-state index in [1.807, 2.05) is 0 Å². The number of ether oxygens (including phenoxy) is 1. The van der Waals surface area contributed by atoms with E-state index < -0.39 is 11.4 Å². The Morgan fingerprint density at radius 1 is 1.25 bits per heavy atom. The molecule has 0 saturated heterocycles. The topological polar surface area (TPSA) is 66.8 Å². The van der Waals surface area contributed by atoms with E-state index in [2.05, 4.69) is 0 Å². The van der Waals surface area contributed by atoms with Crippen LogP contribution in [0, 0.1) is 5.41 Å². The molecule has 0 unspecified atom stereocenters. The lowest BCUT2D eigenvalue weighted by Gasteiger charge is -2.30. The van der Waals surface area contributed by atoms with Crippen LogP contribution in [-0.4, -0.2) is 35.5 Å². The molecule has 0 atom stereocenters. The van der Waals surface area contributed by atoms with Gasteiger partial charge in [-0.3, -0.25) is 4.79 Å². The smallest absolute Gasteiger partial charge is 0.317 e. The highest BCUT2D eigenvalue weighted by Crippen LogP contribution is 2.27. The summed E-state index contributed by atoms with van der Waals surface area (Å²) in [6.45, 7) is 1.06. The Labute approximate surface area is 96.6 Å². The first-order valence-corrected chi connectivity index (χ1v) is 6.11. The van der Waals surface area contributed by atoms with Gasteiger partial charge in [-0.1, -0.05) is 13.3 Å². The summed E-state index contributed by atoms with van der Waals surface area (Å²) in [6, 6.07) is 0. The number of carbonyl (C=O) groups is 1. The summed E-state index contributed by atoms with van der Waals surface area (Å²) in [5, 5.41) is 18.4. The van der Waals surface area contributed by atoms with E-state index >= 15 is 0 Å². The summed E-state index contributed by atoms with van der Waals surface area (Å²) < 4.78 is 5.37. The molecule has 0 aliphatic heterocycles. The molecule has 0 bridgehead atoms. The third-order valence-electron chi connectivity index (χ3n) is 3.54. The van der Waals surface area contributed by atoms with Crippen LogP contribution in [0.5, 0.6) is 0 Å². The van der Waals surface area contributed by atoms with Gasteiger partial charge in [0.2, 0.25) is 0 Å². The molecule has 0 amide bonds. The third-order valence-corrected chi connectivity index (χ3v) is 3.54. The van der Waals surface area contributed by atoms with Gasteiger partial charge in [0.15, 0.2) is 0 Å². The van der Waals surface area contributed by atoms with Crippen LogP contribution < -0.4 is 0 Å². The van der Waals surface area contributed by atoms with E-state index in [-0.39, 0.29) is 19.3 Å². The molecule has 1 saturated carbocycles. The SMILES string of the molecule is CCC(CO)(CO)C(=O)OC1CCCCC1. The van der Waals surface area contributed by atoms with Gasteiger partial charge in [0.05, 0.1) is 13.2 Å². The maximum absolute atomic E-state index is 11.9. The minimum absolute atomic E-state index is 0.0229. The van der Waals surface area contributed by atoms with Crippen LogP contribution in [0.2, 0.25) is 0 Å². The number of aliphatic hydroxyl groups excluding tert-OH is 2. The van der Waals surface area contributed by atoms with Crippen molar-refractivity contribution in [1.29, 1.82) is 0 Å². The molecule has 4 nitrogen and oxygen atoms in total. The maximum Gasteiger partial charge on any atom is 0.317 e. The summed E-state index contributed by atoms with van der Waals surface area (Å²) >= 11 is 0. The fourth-order valence-corrected chi connectivity index (χ4v) is 2.01. The molecule has 1 aliphatic rings. The molecular formula is C12H22O4. The third kappa shape index (κ3) is 2.95. The second-order valence-corrected chi connectivity index (χ2v) is 4.62. The van der Waals surface area contributed by atoms with Gasteiger partial charge < -0.3 is 14.9 Å². The van der Waals surface area contributed by atoms with Crippen molar-refractivity contribution in [3.63, 3.8) is 0 Å². The number of rotatable bonds is 5. The molecule has 0 radical (unpaired) electrons. The zero-order chi connectivity index (χ0) is 12.0. The van der Waals surface area contributed by atoms with Crippen LogP contribution in [0.3, 0.4) is 0 Å². The zero-order valence-electron chi connectivity index (χ0n) is 9.95. The molecule has 1 fully saturated rings. The van der Waals surface area contributed by atoms with Gasteiger partial charge in [-0.15, -0.1) is 0 Å². The maximum atomic E-state index is 11.9. The highest BCUT2D eigenvalue weighted by atomic mass is 16.5. The molecule has 94 valence electrons. The molecule has 2 N–H and O–H groups in total. The summed E-state index contributed by atoms with van der Waals surface area (Å²) in [7, 11) is 0. The van der Waals surface area contributed by atoms with Gasteiger partial charge in [0, 0.05) is 0 Å². The Balaban J connectivity index is 2.54. The van der Waals surface area contributed by atoms with Crippen molar-refractivity contribution in [3.05, 3.63) is 0 Å². The molecule has 16 heavy (non-hydrogen) atoms. The molecule has 0 heterocycles. The number of esters is 1. The minimum atomic E-state index is -1.11. The molecule has 0 aromatic heterocycles. The molecule has 1 aliphatic carbocycles. The van der Waals surface area contributed by atoms with E-state index in [0.717, 1.165) is 25.7 Å². The summed E-state index contributed by atoms with van der Waals surface area (Å²) in [6.07, 6.45) is 5.57. The zero-order valence-corrected chi connectivity index (χ0v) is 9.95. The van der Waals surface area contributed by atoms with Gasteiger partial charge in [0.1, 0.15) is 11.5 Å². The van der Waals surface area contributed by atoms with Crippen LogP contribution in [-0.2, 0) is 9.53 Å². The lowest BCUT2D eigenvalue weighted by atomic mass is 9.87. The number of carbonyl (C=O) groups excluding carboxylic acids is 1. The molecule has 4 heteroatoms. The highest BCUT2D eigenvalue weighted by molar-refractivity contribution is 5.77. The van der Waals surface area contributed by atoms with E-state index in [1.54, 1.807) is 6.92 Å². The minimum Gasteiger partial charge on any atom is -0.462 e. The Bertz CT molecular complexity index is 209. The molecular weight excluding hydrogens is 208 g/mol. The quantitative estimate of drug-likeness (QED) is 0.697. The van der Waals surface area contributed by atoms with Gasteiger partial charge >= 0.3 is 5.97 Å². The van der Waals surface area contributed by atoms with Crippen LogP contribution in [0.25, 0.3) is 0 Å².